The van der Waals surface area contributed by atoms with Crippen LogP contribution in [0.2, 0.25) is 0 Å². The first-order chi connectivity index (χ1) is 7.85. The molecule has 84 valence electrons. The highest BCUT2D eigenvalue weighted by molar-refractivity contribution is 5.38. The second-order valence-corrected chi connectivity index (χ2v) is 4.10. The zero-order valence-corrected chi connectivity index (χ0v) is 9.08. The van der Waals surface area contributed by atoms with E-state index in [0.29, 0.717) is 6.54 Å². The lowest BCUT2D eigenvalue weighted by atomic mass is 9.87. The van der Waals surface area contributed by atoms with E-state index in [-0.39, 0.29) is 18.4 Å². The van der Waals surface area contributed by atoms with Gasteiger partial charge in [-0.25, -0.2) is 4.98 Å². The molecule has 0 radical (unpaired) electrons. The highest BCUT2D eigenvalue weighted by atomic mass is 16.3. The van der Waals surface area contributed by atoms with Crippen LogP contribution in [-0.4, -0.2) is 29.8 Å². The van der Waals surface area contributed by atoms with E-state index < -0.39 is 0 Å². The van der Waals surface area contributed by atoms with Crippen molar-refractivity contribution in [1.82, 2.24) is 4.98 Å². The molecule has 0 bridgehead atoms. The van der Waals surface area contributed by atoms with E-state index in [0.717, 1.165) is 18.8 Å². The van der Waals surface area contributed by atoms with Crippen LogP contribution in [0.25, 0.3) is 0 Å². The van der Waals surface area contributed by atoms with Crippen molar-refractivity contribution in [3.63, 3.8) is 0 Å². The summed E-state index contributed by atoms with van der Waals surface area (Å²) < 4.78 is 0. The summed E-state index contributed by atoms with van der Waals surface area (Å²) in [5.74, 6) is 0.947. The van der Waals surface area contributed by atoms with E-state index >= 15 is 0 Å². The Balaban J connectivity index is 2.08. The summed E-state index contributed by atoms with van der Waals surface area (Å²) in [6, 6.07) is 8.06. The van der Waals surface area contributed by atoms with Crippen molar-refractivity contribution in [3.05, 3.63) is 24.4 Å². The van der Waals surface area contributed by atoms with Crippen LogP contribution in [0, 0.1) is 23.2 Å². The minimum atomic E-state index is -0.0232. The Kier molecular flexibility index (Phi) is 3.37. The number of rotatable bonds is 2. The standard InChI is InChI=1S/C12H15N3O/c13-7-10-4-6-15(8-11(10)9-16)12-3-1-2-5-14-12/h1-3,5,10-11,16H,4,6,8-9H2. The molecule has 1 aromatic heterocycles. The summed E-state index contributed by atoms with van der Waals surface area (Å²) >= 11 is 0. The Bertz CT molecular complexity index is 374. The fourth-order valence-electron chi connectivity index (χ4n) is 2.14. The van der Waals surface area contributed by atoms with Gasteiger partial charge in [0.15, 0.2) is 0 Å². The number of piperidine rings is 1. The van der Waals surface area contributed by atoms with E-state index in [1.807, 2.05) is 18.2 Å². The maximum absolute atomic E-state index is 9.26. The molecule has 1 aromatic rings. The normalized spacial score (nSPS) is 25.1. The monoisotopic (exact) mass is 217 g/mol. The van der Waals surface area contributed by atoms with Gasteiger partial charge in [0, 0.05) is 31.8 Å². The van der Waals surface area contributed by atoms with Gasteiger partial charge >= 0.3 is 0 Å². The van der Waals surface area contributed by atoms with Crippen molar-refractivity contribution in [3.8, 4) is 6.07 Å². The van der Waals surface area contributed by atoms with E-state index in [9.17, 15) is 5.11 Å². The lowest BCUT2D eigenvalue weighted by Gasteiger charge is -2.35. The maximum Gasteiger partial charge on any atom is 0.128 e. The molecule has 2 heterocycles. The van der Waals surface area contributed by atoms with Crippen molar-refractivity contribution >= 4 is 5.82 Å². The molecular formula is C12H15N3O. The largest absolute Gasteiger partial charge is 0.396 e. The van der Waals surface area contributed by atoms with Gasteiger partial charge in [-0.05, 0) is 18.6 Å². The van der Waals surface area contributed by atoms with E-state index in [2.05, 4.69) is 16.0 Å². The second-order valence-electron chi connectivity index (χ2n) is 4.10. The van der Waals surface area contributed by atoms with Crippen LogP contribution in [0.4, 0.5) is 5.82 Å². The average Bonchev–Trinajstić information content (AvgIpc) is 2.39. The number of nitrogens with zero attached hydrogens (tertiary/aromatic N) is 3. The van der Waals surface area contributed by atoms with Gasteiger partial charge in [-0.3, -0.25) is 0 Å². The third kappa shape index (κ3) is 2.15. The van der Waals surface area contributed by atoms with Gasteiger partial charge in [-0.15, -0.1) is 0 Å². The van der Waals surface area contributed by atoms with E-state index in [1.54, 1.807) is 6.20 Å². The van der Waals surface area contributed by atoms with Gasteiger partial charge in [0.1, 0.15) is 5.82 Å². The minimum absolute atomic E-state index is 0.0232. The predicted molar refractivity (Wildman–Crippen MR) is 60.7 cm³/mol. The minimum Gasteiger partial charge on any atom is -0.396 e. The molecule has 4 nitrogen and oxygen atoms in total. The first-order valence-corrected chi connectivity index (χ1v) is 5.51. The van der Waals surface area contributed by atoms with Crippen molar-refractivity contribution in [2.45, 2.75) is 6.42 Å². The van der Waals surface area contributed by atoms with Crippen LogP contribution in [0.5, 0.6) is 0 Å². The molecular weight excluding hydrogens is 202 g/mol. The number of pyridine rings is 1. The molecule has 1 aliphatic rings. The summed E-state index contributed by atoms with van der Waals surface area (Å²) in [5.41, 5.74) is 0. The van der Waals surface area contributed by atoms with E-state index in [1.165, 1.54) is 0 Å². The number of aliphatic hydroxyl groups is 1. The summed E-state index contributed by atoms with van der Waals surface area (Å²) in [4.78, 5) is 6.42. The highest BCUT2D eigenvalue weighted by Crippen LogP contribution is 2.25. The van der Waals surface area contributed by atoms with Crippen LogP contribution in [0.3, 0.4) is 0 Å². The number of aromatic nitrogens is 1. The molecule has 0 aromatic carbocycles. The van der Waals surface area contributed by atoms with Gasteiger partial charge in [-0.2, -0.15) is 5.26 Å². The smallest absolute Gasteiger partial charge is 0.128 e. The fourth-order valence-corrected chi connectivity index (χ4v) is 2.14. The Hall–Kier alpha value is -1.60. The quantitative estimate of drug-likeness (QED) is 0.804. The fraction of sp³-hybridized carbons (Fsp3) is 0.500. The third-order valence-corrected chi connectivity index (χ3v) is 3.11. The summed E-state index contributed by atoms with van der Waals surface area (Å²) in [6.45, 7) is 1.62. The zero-order valence-electron chi connectivity index (χ0n) is 9.08. The van der Waals surface area contributed by atoms with E-state index in [4.69, 9.17) is 5.26 Å². The molecule has 0 saturated carbocycles. The number of aliphatic hydroxyl groups excluding tert-OH is 1. The van der Waals surface area contributed by atoms with Crippen molar-refractivity contribution < 1.29 is 5.11 Å². The Labute approximate surface area is 95.1 Å². The molecule has 1 aliphatic heterocycles. The van der Waals surface area contributed by atoms with Crippen molar-refractivity contribution in [1.29, 1.82) is 5.26 Å². The molecule has 1 fully saturated rings. The maximum atomic E-state index is 9.26. The van der Waals surface area contributed by atoms with Gasteiger partial charge in [0.2, 0.25) is 0 Å². The summed E-state index contributed by atoms with van der Waals surface area (Å²) in [7, 11) is 0. The lowest BCUT2D eigenvalue weighted by Crippen LogP contribution is -2.42. The number of hydrogen-bond acceptors (Lipinski definition) is 4. The van der Waals surface area contributed by atoms with Crippen LogP contribution in [0.15, 0.2) is 24.4 Å². The van der Waals surface area contributed by atoms with Gasteiger partial charge in [-0.1, -0.05) is 6.07 Å². The molecule has 2 atom stereocenters. The molecule has 2 rings (SSSR count). The van der Waals surface area contributed by atoms with Crippen LogP contribution in [-0.2, 0) is 0 Å². The first-order valence-electron chi connectivity index (χ1n) is 5.51. The SMILES string of the molecule is N#CC1CCN(c2ccccn2)CC1CO. The Morgan fingerprint density at radius 3 is 3.06 bits per heavy atom. The van der Waals surface area contributed by atoms with Gasteiger partial charge in [0.25, 0.3) is 0 Å². The molecule has 0 amide bonds. The van der Waals surface area contributed by atoms with Gasteiger partial charge in [0.05, 0.1) is 12.0 Å². The molecule has 1 N–H and O–H groups in total. The lowest BCUT2D eigenvalue weighted by molar-refractivity contribution is 0.181. The number of nitriles is 1. The van der Waals surface area contributed by atoms with Crippen molar-refractivity contribution in [2.24, 2.45) is 11.8 Å². The molecule has 1 saturated heterocycles. The topological polar surface area (TPSA) is 60.2 Å². The molecule has 4 heteroatoms. The van der Waals surface area contributed by atoms with Crippen LogP contribution in [0.1, 0.15) is 6.42 Å². The zero-order chi connectivity index (χ0) is 11.4. The predicted octanol–water partition coefficient (Wildman–Crippen LogP) is 1.04. The number of hydrogen-bond donors (Lipinski definition) is 1. The first kappa shape index (κ1) is 10.9. The Morgan fingerprint density at radius 2 is 2.44 bits per heavy atom. The van der Waals surface area contributed by atoms with Gasteiger partial charge < -0.3 is 10.0 Å². The average molecular weight is 217 g/mol. The summed E-state index contributed by atoms with van der Waals surface area (Å²) in [6.07, 6.45) is 2.57. The third-order valence-electron chi connectivity index (χ3n) is 3.11. The molecule has 0 spiro atoms. The second kappa shape index (κ2) is 4.95. The van der Waals surface area contributed by atoms with Crippen molar-refractivity contribution in [2.75, 3.05) is 24.6 Å². The highest BCUT2D eigenvalue weighted by Gasteiger charge is 2.29. The molecule has 0 aliphatic carbocycles. The molecule has 16 heavy (non-hydrogen) atoms. The van der Waals surface area contributed by atoms with Crippen LogP contribution >= 0.6 is 0 Å². The summed E-state index contributed by atoms with van der Waals surface area (Å²) in [5, 5.41) is 18.2. The number of anilines is 1. The molecule has 2 unspecified atom stereocenters. The van der Waals surface area contributed by atoms with Crippen LogP contribution < -0.4 is 4.90 Å². The Morgan fingerprint density at radius 1 is 1.56 bits per heavy atom.